The second kappa shape index (κ2) is 10.6. The SMILES string of the molecule is CNCC1CCN(C(=O)CCc2ccc(S(=O)(=O)N3CCCCC3)cc2)C1.Cl. The predicted molar refractivity (Wildman–Crippen MR) is 113 cm³/mol. The van der Waals surface area contributed by atoms with Crippen molar-refractivity contribution >= 4 is 28.3 Å². The van der Waals surface area contributed by atoms with Gasteiger partial charge in [-0.1, -0.05) is 18.6 Å². The van der Waals surface area contributed by atoms with Gasteiger partial charge in [-0.25, -0.2) is 8.42 Å². The molecule has 1 aromatic rings. The highest BCUT2D eigenvalue weighted by Crippen LogP contribution is 2.22. The third-order valence-corrected chi connectivity index (χ3v) is 7.55. The molecule has 1 amide bonds. The molecule has 0 spiro atoms. The lowest BCUT2D eigenvalue weighted by atomic mass is 10.1. The number of piperidine rings is 1. The molecule has 1 unspecified atom stereocenters. The molecule has 2 aliphatic rings. The van der Waals surface area contributed by atoms with Crippen LogP contribution in [0.2, 0.25) is 0 Å². The monoisotopic (exact) mass is 429 g/mol. The fraction of sp³-hybridized carbons (Fsp3) is 0.650. The van der Waals surface area contributed by atoms with E-state index in [1.165, 1.54) is 0 Å². The van der Waals surface area contributed by atoms with Crippen LogP contribution < -0.4 is 5.32 Å². The van der Waals surface area contributed by atoms with E-state index in [2.05, 4.69) is 5.32 Å². The highest BCUT2D eigenvalue weighted by atomic mass is 35.5. The Hall–Kier alpha value is -1.15. The lowest BCUT2D eigenvalue weighted by molar-refractivity contribution is -0.130. The Morgan fingerprint density at radius 1 is 1.11 bits per heavy atom. The van der Waals surface area contributed by atoms with Crippen molar-refractivity contribution in [2.75, 3.05) is 39.8 Å². The number of nitrogens with zero attached hydrogens (tertiary/aromatic N) is 2. The van der Waals surface area contributed by atoms with Crippen LogP contribution in [0.15, 0.2) is 29.2 Å². The number of aryl methyl sites for hydroxylation is 1. The third kappa shape index (κ3) is 5.69. The van der Waals surface area contributed by atoms with Crippen molar-refractivity contribution < 1.29 is 13.2 Å². The zero-order valence-corrected chi connectivity index (χ0v) is 18.2. The molecule has 6 nitrogen and oxygen atoms in total. The van der Waals surface area contributed by atoms with Crippen molar-refractivity contribution in [2.24, 2.45) is 5.92 Å². The molecular weight excluding hydrogens is 398 g/mol. The van der Waals surface area contributed by atoms with Gasteiger partial charge in [-0.05, 0) is 62.9 Å². The zero-order chi connectivity index (χ0) is 19.3. The second-order valence-electron chi connectivity index (χ2n) is 7.66. The molecule has 1 aromatic carbocycles. The molecule has 0 aliphatic carbocycles. The maximum atomic E-state index is 12.7. The minimum atomic E-state index is -3.38. The van der Waals surface area contributed by atoms with E-state index in [1.54, 1.807) is 16.4 Å². The summed E-state index contributed by atoms with van der Waals surface area (Å²) in [6.45, 7) is 3.87. The summed E-state index contributed by atoms with van der Waals surface area (Å²) in [5.74, 6) is 0.747. The summed E-state index contributed by atoms with van der Waals surface area (Å²) >= 11 is 0. The van der Waals surface area contributed by atoms with Crippen LogP contribution >= 0.6 is 12.4 Å². The van der Waals surface area contributed by atoms with Crippen LogP contribution in [0.4, 0.5) is 0 Å². The first kappa shape index (κ1) is 23.1. The van der Waals surface area contributed by atoms with Gasteiger partial charge >= 0.3 is 0 Å². The smallest absolute Gasteiger partial charge is 0.243 e. The molecule has 0 radical (unpaired) electrons. The number of halogens is 1. The Kier molecular flexibility index (Phi) is 8.74. The molecule has 2 heterocycles. The number of carbonyl (C=O) groups excluding carboxylic acids is 1. The molecular formula is C20H32ClN3O3S. The number of likely N-dealkylation sites (tertiary alicyclic amines) is 1. The number of nitrogens with one attached hydrogen (secondary N) is 1. The van der Waals surface area contributed by atoms with Crippen LogP contribution in [-0.4, -0.2) is 63.3 Å². The van der Waals surface area contributed by atoms with E-state index in [0.29, 0.717) is 36.7 Å². The first-order chi connectivity index (χ1) is 13.0. The van der Waals surface area contributed by atoms with Crippen molar-refractivity contribution in [1.82, 2.24) is 14.5 Å². The second-order valence-corrected chi connectivity index (χ2v) is 9.60. The number of rotatable bonds is 7. The Labute approximate surface area is 175 Å². The lowest BCUT2D eigenvalue weighted by Gasteiger charge is -2.25. The van der Waals surface area contributed by atoms with E-state index in [4.69, 9.17) is 0 Å². The van der Waals surface area contributed by atoms with Gasteiger partial charge in [-0.3, -0.25) is 4.79 Å². The summed E-state index contributed by atoms with van der Waals surface area (Å²) in [7, 11) is -1.44. The van der Waals surface area contributed by atoms with E-state index < -0.39 is 10.0 Å². The van der Waals surface area contributed by atoms with Crippen molar-refractivity contribution in [3.05, 3.63) is 29.8 Å². The quantitative estimate of drug-likeness (QED) is 0.721. The maximum Gasteiger partial charge on any atom is 0.243 e. The van der Waals surface area contributed by atoms with Gasteiger partial charge in [0.25, 0.3) is 0 Å². The first-order valence-electron chi connectivity index (χ1n) is 10.0. The van der Waals surface area contributed by atoms with Gasteiger partial charge < -0.3 is 10.2 Å². The molecule has 0 aromatic heterocycles. The number of carbonyl (C=O) groups is 1. The summed E-state index contributed by atoms with van der Waals surface area (Å²) in [5, 5.41) is 3.18. The molecule has 1 N–H and O–H groups in total. The average Bonchev–Trinajstić information content (AvgIpc) is 3.16. The topological polar surface area (TPSA) is 69.7 Å². The molecule has 1 atom stereocenters. The van der Waals surface area contributed by atoms with Crippen LogP contribution in [0.25, 0.3) is 0 Å². The number of sulfonamides is 1. The van der Waals surface area contributed by atoms with Crippen LogP contribution in [0, 0.1) is 5.92 Å². The van der Waals surface area contributed by atoms with Gasteiger partial charge in [-0.15, -0.1) is 12.4 Å². The Morgan fingerprint density at radius 2 is 1.79 bits per heavy atom. The average molecular weight is 430 g/mol. The van der Waals surface area contributed by atoms with Crippen LogP contribution in [0.5, 0.6) is 0 Å². The molecule has 3 rings (SSSR count). The normalized spacial score (nSPS) is 20.8. The zero-order valence-electron chi connectivity index (χ0n) is 16.6. The predicted octanol–water partition coefficient (Wildman–Crippen LogP) is 2.28. The van der Waals surface area contributed by atoms with E-state index in [0.717, 1.165) is 50.9 Å². The van der Waals surface area contributed by atoms with Gasteiger partial charge in [-0.2, -0.15) is 4.31 Å². The third-order valence-electron chi connectivity index (χ3n) is 5.64. The molecule has 2 saturated heterocycles. The number of hydrogen-bond acceptors (Lipinski definition) is 4. The Bertz CT molecular complexity index is 734. The summed E-state index contributed by atoms with van der Waals surface area (Å²) in [4.78, 5) is 14.7. The molecule has 8 heteroatoms. The number of hydrogen-bond donors (Lipinski definition) is 1. The largest absolute Gasteiger partial charge is 0.342 e. The molecule has 2 fully saturated rings. The molecule has 2 aliphatic heterocycles. The summed E-state index contributed by atoms with van der Waals surface area (Å²) < 4.78 is 27.0. The fourth-order valence-corrected chi connectivity index (χ4v) is 5.52. The van der Waals surface area contributed by atoms with E-state index >= 15 is 0 Å². The molecule has 0 saturated carbocycles. The summed E-state index contributed by atoms with van der Waals surface area (Å²) in [6.07, 6.45) is 5.16. The number of benzene rings is 1. The van der Waals surface area contributed by atoms with Crippen molar-refractivity contribution in [3.8, 4) is 0 Å². The Balaban J connectivity index is 0.00000280. The van der Waals surface area contributed by atoms with Gasteiger partial charge in [0.05, 0.1) is 4.90 Å². The highest BCUT2D eigenvalue weighted by molar-refractivity contribution is 7.89. The summed E-state index contributed by atoms with van der Waals surface area (Å²) in [6, 6.07) is 7.06. The number of amides is 1. The van der Waals surface area contributed by atoms with Crippen molar-refractivity contribution in [1.29, 1.82) is 0 Å². The first-order valence-corrected chi connectivity index (χ1v) is 11.5. The van der Waals surface area contributed by atoms with Gasteiger partial charge in [0.1, 0.15) is 0 Å². The van der Waals surface area contributed by atoms with Crippen molar-refractivity contribution in [2.45, 2.75) is 43.4 Å². The van der Waals surface area contributed by atoms with Gasteiger partial charge in [0.15, 0.2) is 0 Å². The molecule has 158 valence electrons. The van der Waals surface area contributed by atoms with E-state index in [-0.39, 0.29) is 18.3 Å². The maximum absolute atomic E-state index is 12.7. The summed E-state index contributed by atoms with van der Waals surface area (Å²) in [5.41, 5.74) is 1.01. The molecule has 28 heavy (non-hydrogen) atoms. The van der Waals surface area contributed by atoms with Crippen LogP contribution in [0.1, 0.15) is 37.7 Å². The lowest BCUT2D eigenvalue weighted by Crippen LogP contribution is -2.35. The minimum Gasteiger partial charge on any atom is -0.342 e. The van der Waals surface area contributed by atoms with Crippen LogP contribution in [0.3, 0.4) is 0 Å². The minimum absolute atomic E-state index is 0. The standard InChI is InChI=1S/C20H31N3O3S.ClH/c1-21-15-18-11-14-22(16-18)20(24)10-7-17-5-8-19(9-6-17)27(25,26)23-12-3-2-4-13-23;/h5-6,8-9,18,21H,2-4,7,10-16H2,1H3;1H. The van der Waals surface area contributed by atoms with E-state index in [9.17, 15) is 13.2 Å². The van der Waals surface area contributed by atoms with Gasteiger partial charge in [0, 0.05) is 32.6 Å². The van der Waals surface area contributed by atoms with Crippen molar-refractivity contribution in [3.63, 3.8) is 0 Å². The van der Waals surface area contributed by atoms with E-state index in [1.807, 2.05) is 24.1 Å². The van der Waals surface area contributed by atoms with Crippen LogP contribution in [-0.2, 0) is 21.2 Å². The highest BCUT2D eigenvalue weighted by Gasteiger charge is 2.26. The fourth-order valence-electron chi connectivity index (χ4n) is 4.01. The van der Waals surface area contributed by atoms with Gasteiger partial charge in [0.2, 0.25) is 15.9 Å². The Morgan fingerprint density at radius 3 is 2.43 bits per heavy atom. The molecule has 0 bridgehead atoms.